The van der Waals surface area contributed by atoms with Gasteiger partial charge in [-0.25, -0.2) is 0 Å². The zero-order chi connectivity index (χ0) is 12.4. The van der Waals surface area contributed by atoms with Crippen LogP contribution in [0.3, 0.4) is 0 Å². The Morgan fingerprint density at radius 1 is 0.938 bits per heavy atom. The molecule has 0 saturated heterocycles. The van der Waals surface area contributed by atoms with E-state index in [1.807, 2.05) is 0 Å². The van der Waals surface area contributed by atoms with E-state index < -0.39 is 0 Å². The van der Waals surface area contributed by atoms with Gasteiger partial charge in [-0.15, -0.1) is 0 Å². The summed E-state index contributed by atoms with van der Waals surface area (Å²) in [6, 6.07) is 0. The fourth-order valence-corrected chi connectivity index (χ4v) is 2.71. The van der Waals surface area contributed by atoms with Crippen molar-refractivity contribution in [3.63, 3.8) is 0 Å². The lowest BCUT2D eigenvalue weighted by molar-refractivity contribution is -0.142. The molecule has 0 bridgehead atoms. The van der Waals surface area contributed by atoms with E-state index in [9.17, 15) is 9.59 Å². The maximum Gasteiger partial charge on any atom is 0.242 e. The first-order valence-electron chi connectivity index (χ1n) is 4.85. The predicted molar refractivity (Wildman–Crippen MR) is 68.8 cm³/mol. The van der Waals surface area contributed by atoms with Gasteiger partial charge in [0.1, 0.15) is 0 Å². The molecule has 8 heteroatoms. The van der Waals surface area contributed by atoms with Crippen molar-refractivity contribution in [2.45, 2.75) is 0 Å². The van der Waals surface area contributed by atoms with E-state index in [1.165, 1.54) is 0 Å². The van der Waals surface area contributed by atoms with Crippen molar-refractivity contribution in [3.8, 4) is 0 Å². The maximum atomic E-state index is 11.3. The molecule has 0 radical (unpaired) electrons. The van der Waals surface area contributed by atoms with Crippen LogP contribution in [0, 0.1) is 0 Å². The third-order valence-corrected chi connectivity index (χ3v) is 4.05. The molecular weight excluding hydrogens is 248 g/mol. The van der Waals surface area contributed by atoms with Crippen LogP contribution in [-0.4, -0.2) is 54.4 Å². The van der Waals surface area contributed by atoms with Crippen molar-refractivity contribution < 1.29 is 9.59 Å². The molecular formula is C8H18N4O2S2. The van der Waals surface area contributed by atoms with E-state index in [-0.39, 0.29) is 24.9 Å². The van der Waals surface area contributed by atoms with Crippen molar-refractivity contribution in [2.24, 2.45) is 17.2 Å². The maximum absolute atomic E-state index is 11.3. The highest BCUT2D eigenvalue weighted by molar-refractivity contribution is 8.76. The molecule has 16 heavy (non-hydrogen) atoms. The van der Waals surface area contributed by atoms with E-state index in [2.05, 4.69) is 0 Å². The molecule has 0 aromatic rings. The zero-order valence-electron chi connectivity index (χ0n) is 9.05. The lowest BCUT2D eigenvalue weighted by atomic mass is 10.4. The van der Waals surface area contributed by atoms with Crippen LogP contribution < -0.4 is 17.2 Å². The molecule has 0 unspecified atom stereocenters. The Kier molecular flexibility index (Phi) is 9.74. The topological polar surface area (TPSA) is 115 Å². The summed E-state index contributed by atoms with van der Waals surface area (Å²) in [5, 5.41) is 0. The Balaban J connectivity index is 3.93. The standard InChI is InChI=1S/C8H18N4O2S2/c9-1-3-15-16-4-2-12(7(13)5-10)8(14)6-11/h1-6,9-11H2. The van der Waals surface area contributed by atoms with Crippen molar-refractivity contribution >= 4 is 33.4 Å². The molecule has 2 amide bonds. The molecule has 0 aromatic carbocycles. The number of hydrogen-bond acceptors (Lipinski definition) is 7. The minimum absolute atomic E-state index is 0.174. The third kappa shape index (κ3) is 6.33. The van der Waals surface area contributed by atoms with Gasteiger partial charge in [0.25, 0.3) is 0 Å². The number of nitrogens with two attached hydrogens (primary N) is 3. The van der Waals surface area contributed by atoms with Gasteiger partial charge in [-0.1, -0.05) is 21.6 Å². The SMILES string of the molecule is NCCSSCCN(C(=O)CN)C(=O)CN. The number of amides is 2. The van der Waals surface area contributed by atoms with Crippen LogP contribution in [0.4, 0.5) is 0 Å². The molecule has 0 heterocycles. The third-order valence-electron chi connectivity index (χ3n) is 1.63. The molecule has 0 aliphatic carbocycles. The van der Waals surface area contributed by atoms with Crippen molar-refractivity contribution in [2.75, 3.05) is 37.7 Å². The summed E-state index contributed by atoms with van der Waals surface area (Å²) in [6.45, 7) is 0.609. The molecule has 0 aliphatic heterocycles. The Bertz CT molecular complexity index is 212. The summed E-state index contributed by atoms with van der Waals surface area (Å²) in [5.41, 5.74) is 15.7. The van der Waals surface area contributed by atoms with Gasteiger partial charge in [0.05, 0.1) is 13.1 Å². The first kappa shape index (κ1) is 15.7. The fraction of sp³-hybridized carbons (Fsp3) is 0.750. The van der Waals surface area contributed by atoms with Crippen molar-refractivity contribution in [3.05, 3.63) is 0 Å². The predicted octanol–water partition coefficient (Wildman–Crippen LogP) is -1.40. The fourth-order valence-electron chi connectivity index (χ4n) is 0.903. The monoisotopic (exact) mass is 266 g/mol. The van der Waals surface area contributed by atoms with Gasteiger partial charge in [-0.3, -0.25) is 14.5 Å². The lowest BCUT2D eigenvalue weighted by Crippen LogP contribution is -2.44. The molecule has 0 fully saturated rings. The van der Waals surface area contributed by atoms with E-state index in [0.717, 1.165) is 10.7 Å². The number of imide groups is 1. The van der Waals surface area contributed by atoms with E-state index >= 15 is 0 Å². The Labute approximate surface area is 103 Å². The molecule has 6 nitrogen and oxygen atoms in total. The molecule has 0 aliphatic rings. The summed E-state index contributed by atoms with van der Waals surface area (Å²) < 4.78 is 0. The van der Waals surface area contributed by atoms with E-state index in [4.69, 9.17) is 17.2 Å². The molecule has 0 aromatic heterocycles. The number of carbonyl (C=O) groups excluding carboxylic acids is 2. The Hall–Kier alpha value is -0.280. The second kappa shape index (κ2) is 9.91. The molecule has 94 valence electrons. The highest BCUT2D eigenvalue weighted by Crippen LogP contribution is 2.19. The van der Waals surface area contributed by atoms with Crippen LogP contribution in [0.2, 0.25) is 0 Å². The number of nitrogens with zero attached hydrogens (tertiary/aromatic N) is 1. The molecule has 0 rings (SSSR count). The molecule has 6 N–H and O–H groups in total. The van der Waals surface area contributed by atoms with Gasteiger partial charge in [0.15, 0.2) is 0 Å². The van der Waals surface area contributed by atoms with Gasteiger partial charge in [0.2, 0.25) is 11.8 Å². The van der Waals surface area contributed by atoms with Crippen LogP contribution in [0.25, 0.3) is 0 Å². The average Bonchev–Trinajstić information content (AvgIpc) is 2.32. The largest absolute Gasteiger partial charge is 0.330 e. The van der Waals surface area contributed by atoms with Crippen LogP contribution in [-0.2, 0) is 9.59 Å². The summed E-state index contributed by atoms with van der Waals surface area (Å²) >= 11 is 0. The highest BCUT2D eigenvalue weighted by atomic mass is 33.1. The number of hydrogen-bond donors (Lipinski definition) is 3. The van der Waals surface area contributed by atoms with Crippen LogP contribution in [0.15, 0.2) is 0 Å². The summed E-state index contributed by atoms with van der Waals surface area (Å²) in [6.07, 6.45) is 0. The lowest BCUT2D eigenvalue weighted by Gasteiger charge is -2.18. The van der Waals surface area contributed by atoms with Crippen molar-refractivity contribution in [1.82, 2.24) is 4.90 Å². The quantitative estimate of drug-likeness (QED) is 0.365. The number of carbonyl (C=O) groups is 2. The normalized spacial score (nSPS) is 10.2. The van der Waals surface area contributed by atoms with Gasteiger partial charge in [0, 0.05) is 24.6 Å². The highest BCUT2D eigenvalue weighted by Gasteiger charge is 2.17. The van der Waals surface area contributed by atoms with E-state index in [0.29, 0.717) is 18.8 Å². The van der Waals surface area contributed by atoms with Gasteiger partial charge < -0.3 is 17.2 Å². The summed E-state index contributed by atoms with van der Waals surface area (Å²) in [7, 11) is 3.18. The van der Waals surface area contributed by atoms with Gasteiger partial charge in [-0.05, 0) is 0 Å². The van der Waals surface area contributed by atoms with E-state index in [1.54, 1.807) is 21.6 Å². The van der Waals surface area contributed by atoms with Crippen LogP contribution >= 0.6 is 21.6 Å². The minimum Gasteiger partial charge on any atom is -0.330 e. The zero-order valence-corrected chi connectivity index (χ0v) is 10.7. The second-order valence-electron chi connectivity index (χ2n) is 2.78. The van der Waals surface area contributed by atoms with Crippen LogP contribution in [0.5, 0.6) is 0 Å². The smallest absolute Gasteiger partial charge is 0.242 e. The second-order valence-corrected chi connectivity index (χ2v) is 5.48. The Morgan fingerprint density at radius 3 is 1.88 bits per heavy atom. The molecule has 0 spiro atoms. The van der Waals surface area contributed by atoms with Gasteiger partial charge in [-0.2, -0.15) is 0 Å². The first-order chi connectivity index (χ1) is 7.67. The molecule has 0 saturated carbocycles. The number of rotatable bonds is 8. The summed E-state index contributed by atoms with van der Waals surface area (Å²) in [4.78, 5) is 23.7. The molecule has 0 atom stereocenters. The Morgan fingerprint density at radius 2 is 1.44 bits per heavy atom. The first-order valence-corrected chi connectivity index (χ1v) is 7.34. The van der Waals surface area contributed by atoms with Crippen molar-refractivity contribution in [1.29, 1.82) is 0 Å². The van der Waals surface area contributed by atoms with Crippen LogP contribution in [0.1, 0.15) is 0 Å². The summed E-state index contributed by atoms with van der Waals surface area (Å²) in [5.74, 6) is 0.724. The minimum atomic E-state index is -0.389. The van der Waals surface area contributed by atoms with Gasteiger partial charge >= 0.3 is 0 Å². The average molecular weight is 266 g/mol.